The van der Waals surface area contributed by atoms with Gasteiger partial charge < -0.3 is 5.32 Å². The molecular formula is C22H27NO. The van der Waals surface area contributed by atoms with E-state index >= 15 is 0 Å². The van der Waals surface area contributed by atoms with Gasteiger partial charge in [-0.3, -0.25) is 4.79 Å². The first-order valence-electron chi connectivity index (χ1n) is 9.13. The number of ketones is 1. The molecule has 0 radical (unpaired) electrons. The third kappa shape index (κ3) is 4.78. The number of Topliss-reactive ketones (excluding diaryl/α,β-unsaturated/α-hetero) is 1. The van der Waals surface area contributed by atoms with Crippen LogP contribution in [0.3, 0.4) is 0 Å². The molecule has 2 aromatic rings. The maximum atomic E-state index is 11.4. The molecule has 1 unspecified atom stereocenters. The van der Waals surface area contributed by atoms with Crippen molar-refractivity contribution in [2.45, 2.75) is 51.5 Å². The summed E-state index contributed by atoms with van der Waals surface area (Å²) in [6, 6.07) is 18.2. The molecule has 1 aliphatic heterocycles. The number of nitrogens with one attached hydrogen (secondary N) is 1. The fourth-order valence-electron chi connectivity index (χ4n) is 3.46. The van der Waals surface area contributed by atoms with Crippen LogP contribution in [0.25, 0.3) is 0 Å². The largest absolute Gasteiger partial charge is 0.306 e. The Balaban J connectivity index is 1.49. The van der Waals surface area contributed by atoms with E-state index < -0.39 is 0 Å². The minimum Gasteiger partial charge on any atom is -0.306 e. The summed E-state index contributed by atoms with van der Waals surface area (Å²) in [6.07, 6.45) is 6.16. The van der Waals surface area contributed by atoms with E-state index in [1.165, 1.54) is 28.7 Å². The summed E-state index contributed by atoms with van der Waals surface area (Å²) in [5, 5.41) is 3.30. The van der Waals surface area contributed by atoms with Crippen LogP contribution in [0.15, 0.2) is 48.5 Å². The molecule has 0 aliphatic carbocycles. The first kappa shape index (κ1) is 16.9. The molecule has 0 saturated carbocycles. The van der Waals surface area contributed by atoms with Gasteiger partial charge >= 0.3 is 0 Å². The van der Waals surface area contributed by atoms with Gasteiger partial charge in [0.05, 0.1) is 6.54 Å². The zero-order valence-corrected chi connectivity index (χ0v) is 14.6. The summed E-state index contributed by atoms with van der Waals surface area (Å²) >= 11 is 0. The highest BCUT2D eigenvalue weighted by Gasteiger charge is 2.21. The average Bonchev–Trinajstić information content (AvgIpc) is 3.01. The fraction of sp³-hybridized carbons (Fsp3) is 0.409. The van der Waals surface area contributed by atoms with Gasteiger partial charge in [-0.2, -0.15) is 0 Å². The van der Waals surface area contributed by atoms with Crippen LogP contribution in [0.2, 0.25) is 0 Å². The van der Waals surface area contributed by atoms with Gasteiger partial charge in [0, 0.05) is 12.5 Å². The Morgan fingerprint density at radius 2 is 1.67 bits per heavy atom. The third-order valence-corrected chi connectivity index (χ3v) is 4.90. The zero-order valence-electron chi connectivity index (χ0n) is 14.6. The molecule has 0 bridgehead atoms. The van der Waals surface area contributed by atoms with E-state index in [0.717, 1.165) is 25.7 Å². The normalized spacial score (nSPS) is 17.4. The van der Waals surface area contributed by atoms with Crippen LogP contribution in [0.1, 0.15) is 42.0 Å². The summed E-state index contributed by atoms with van der Waals surface area (Å²) in [5.41, 5.74) is 5.58. The molecule has 3 rings (SSSR count). The fourth-order valence-corrected chi connectivity index (χ4v) is 3.46. The number of carbonyl (C=O) groups excluding carboxylic acids is 1. The number of aryl methyl sites for hydroxylation is 3. The standard InChI is InChI=1S/C22H27NO/c1-2-17-9-11-18(12-10-17)5-3-6-19-7-4-8-20(13-19)14-21-15-22(24)16-23-21/h4,7-13,21,23H,2-3,5-6,14-16H2,1H3. The van der Waals surface area contributed by atoms with Crippen molar-refractivity contribution < 1.29 is 4.79 Å². The van der Waals surface area contributed by atoms with Crippen LogP contribution in [0, 0.1) is 0 Å². The van der Waals surface area contributed by atoms with Gasteiger partial charge in [-0.1, -0.05) is 55.5 Å². The molecular weight excluding hydrogens is 294 g/mol. The lowest BCUT2D eigenvalue weighted by Crippen LogP contribution is -2.23. The minimum atomic E-state index is 0.324. The van der Waals surface area contributed by atoms with Gasteiger partial charge in [0.2, 0.25) is 0 Å². The highest BCUT2D eigenvalue weighted by Crippen LogP contribution is 2.15. The highest BCUT2D eigenvalue weighted by atomic mass is 16.1. The van der Waals surface area contributed by atoms with E-state index in [1.807, 2.05) is 0 Å². The summed E-state index contributed by atoms with van der Waals surface area (Å²) in [5.74, 6) is 0.338. The van der Waals surface area contributed by atoms with Crippen molar-refractivity contribution in [1.82, 2.24) is 5.32 Å². The number of hydrogen-bond donors (Lipinski definition) is 1. The maximum Gasteiger partial charge on any atom is 0.148 e. The Morgan fingerprint density at radius 3 is 2.38 bits per heavy atom. The number of carbonyl (C=O) groups is 1. The Morgan fingerprint density at radius 1 is 0.958 bits per heavy atom. The van der Waals surface area contributed by atoms with Gasteiger partial charge in [-0.05, 0) is 54.4 Å². The van der Waals surface area contributed by atoms with E-state index in [1.54, 1.807) is 0 Å². The van der Waals surface area contributed by atoms with Crippen molar-refractivity contribution >= 4 is 5.78 Å². The smallest absolute Gasteiger partial charge is 0.148 e. The van der Waals surface area contributed by atoms with Crippen molar-refractivity contribution in [1.29, 1.82) is 0 Å². The Labute approximate surface area is 145 Å². The maximum absolute atomic E-state index is 11.4. The Hall–Kier alpha value is -1.93. The number of hydrogen-bond acceptors (Lipinski definition) is 2. The first-order chi connectivity index (χ1) is 11.7. The third-order valence-electron chi connectivity index (χ3n) is 4.90. The monoisotopic (exact) mass is 321 g/mol. The minimum absolute atomic E-state index is 0.324. The summed E-state index contributed by atoms with van der Waals surface area (Å²) in [4.78, 5) is 11.4. The first-order valence-corrected chi connectivity index (χ1v) is 9.13. The molecule has 1 fully saturated rings. The van der Waals surface area contributed by atoms with Crippen LogP contribution in [-0.4, -0.2) is 18.4 Å². The molecule has 2 aromatic carbocycles. The molecule has 126 valence electrons. The molecule has 1 atom stereocenters. The van der Waals surface area contributed by atoms with Crippen molar-refractivity contribution in [2.24, 2.45) is 0 Å². The second kappa shape index (κ2) is 8.25. The Kier molecular flexibility index (Phi) is 5.81. The second-order valence-electron chi connectivity index (χ2n) is 6.87. The van der Waals surface area contributed by atoms with Crippen molar-refractivity contribution in [3.63, 3.8) is 0 Å². The van der Waals surface area contributed by atoms with Crippen LogP contribution in [0.4, 0.5) is 0 Å². The van der Waals surface area contributed by atoms with Crippen LogP contribution in [-0.2, 0) is 30.5 Å². The van der Waals surface area contributed by atoms with Gasteiger partial charge in [0.1, 0.15) is 5.78 Å². The summed E-state index contributed by atoms with van der Waals surface area (Å²) in [7, 11) is 0. The molecule has 0 amide bonds. The van der Waals surface area contributed by atoms with Gasteiger partial charge in [0.15, 0.2) is 0 Å². The lowest BCUT2D eigenvalue weighted by atomic mass is 9.98. The van der Waals surface area contributed by atoms with Crippen molar-refractivity contribution in [3.05, 3.63) is 70.8 Å². The van der Waals surface area contributed by atoms with Gasteiger partial charge in [-0.25, -0.2) is 0 Å². The average molecular weight is 321 g/mol. The van der Waals surface area contributed by atoms with Crippen LogP contribution in [0.5, 0.6) is 0 Å². The van der Waals surface area contributed by atoms with E-state index in [2.05, 4.69) is 60.8 Å². The van der Waals surface area contributed by atoms with Crippen LogP contribution >= 0.6 is 0 Å². The van der Waals surface area contributed by atoms with Crippen LogP contribution < -0.4 is 5.32 Å². The molecule has 2 nitrogen and oxygen atoms in total. The summed E-state index contributed by atoms with van der Waals surface area (Å²) < 4.78 is 0. The predicted octanol–water partition coefficient (Wildman–Crippen LogP) is 3.90. The molecule has 24 heavy (non-hydrogen) atoms. The SMILES string of the molecule is CCc1ccc(CCCc2cccc(CC3CC(=O)CN3)c2)cc1. The Bertz CT molecular complexity index is 675. The molecule has 1 heterocycles. The molecule has 1 aliphatic rings. The molecule has 0 aromatic heterocycles. The van der Waals surface area contributed by atoms with Crippen molar-refractivity contribution in [3.8, 4) is 0 Å². The molecule has 1 N–H and O–H groups in total. The summed E-state index contributed by atoms with van der Waals surface area (Å²) in [6.45, 7) is 2.74. The topological polar surface area (TPSA) is 29.1 Å². The molecule has 0 spiro atoms. The molecule has 2 heteroatoms. The lowest BCUT2D eigenvalue weighted by Gasteiger charge is -2.10. The van der Waals surface area contributed by atoms with Crippen molar-refractivity contribution in [2.75, 3.05) is 6.54 Å². The number of rotatable bonds is 7. The quantitative estimate of drug-likeness (QED) is 0.838. The molecule has 1 saturated heterocycles. The lowest BCUT2D eigenvalue weighted by molar-refractivity contribution is -0.116. The van der Waals surface area contributed by atoms with E-state index in [4.69, 9.17) is 0 Å². The number of benzene rings is 2. The highest BCUT2D eigenvalue weighted by molar-refractivity contribution is 5.83. The van der Waals surface area contributed by atoms with E-state index in [-0.39, 0.29) is 0 Å². The van der Waals surface area contributed by atoms with E-state index in [0.29, 0.717) is 24.8 Å². The second-order valence-corrected chi connectivity index (χ2v) is 6.87. The zero-order chi connectivity index (χ0) is 16.8. The predicted molar refractivity (Wildman–Crippen MR) is 99.4 cm³/mol. The van der Waals surface area contributed by atoms with E-state index in [9.17, 15) is 4.79 Å². The van der Waals surface area contributed by atoms with Gasteiger partial charge in [-0.15, -0.1) is 0 Å². The van der Waals surface area contributed by atoms with Gasteiger partial charge in [0.25, 0.3) is 0 Å².